The number of ether oxygens (including phenoxy) is 1. The SMILES string of the molecule is CCCC(O)C1=C(C)C2=NC1=CC1=NC(=CC3=C(C)C4=C(O)CC(=C5NC(=C2)[C@@H](C)[C@@H]5CCC(=O)OC)C4=N3)C(CC)=C1C. The van der Waals surface area contributed by atoms with Crippen LogP contribution in [0.15, 0.2) is 106 Å². The van der Waals surface area contributed by atoms with Crippen LogP contribution in [-0.2, 0) is 9.53 Å². The van der Waals surface area contributed by atoms with Crippen LogP contribution in [0.1, 0.15) is 80.1 Å². The predicted molar refractivity (Wildman–Crippen MR) is 174 cm³/mol. The maximum absolute atomic E-state index is 12.2. The van der Waals surface area contributed by atoms with Crippen molar-refractivity contribution in [2.24, 2.45) is 26.8 Å². The van der Waals surface area contributed by atoms with Crippen molar-refractivity contribution in [1.29, 1.82) is 0 Å². The summed E-state index contributed by atoms with van der Waals surface area (Å²) in [4.78, 5) is 27.5. The van der Waals surface area contributed by atoms with Crippen LogP contribution in [0.25, 0.3) is 0 Å². The number of methoxy groups -OCH3 is 1. The highest BCUT2D eigenvalue weighted by Crippen LogP contribution is 2.46. The van der Waals surface area contributed by atoms with Crippen molar-refractivity contribution in [3.8, 4) is 0 Å². The van der Waals surface area contributed by atoms with Gasteiger partial charge in [0.25, 0.3) is 0 Å². The van der Waals surface area contributed by atoms with Crippen molar-refractivity contribution >= 4 is 23.1 Å². The first-order valence-corrected chi connectivity index (χ1v) is 15.8. The average Bonchev–Trinajstić information content (AvgIpc) is 3.74. The van der Waals surface area contributed by atoms with Gasteiger partial charge in [-0.2, -0.15) is 0 Å². The molecule has 0 aromatic carbocycles. The van der Waals surface area contributed by atoms with Gasteiger partial charge < -0.3 is 20.3 Å². The summed E-state index contributed by atoms with van der Waals surface area (Å²) in [6, 6.07) is 0. The Morgan fingerprint density at radius 2 is 1.77 bits per heavy atom. The Labute approximate surface area is 259 Å². The van der Waals surface area contributed by atoms with Crippen molar-refractivity contribution in [1.82, 2.24) is 5.32 Å². The van der Waals surface area contributed by atoms with Crippen LogP contribution in [0.4, 0.5) is 0 Å². The normalized spacial score (nSPS) is 24.9. The molecule has 1 fully saturated rings. The third-order valence-corrected chi connectivity index (χ3v) is 9.88. The lowest BCUT2D eigenvalue weighted by molar-refractivity contribution is -0.140. The van der Waals surface area contributed by atoms with E-state index in [0.717, 1.165) is 97.5 Å². The maximum Gasteiger partial charge on any atom is 0.305 e. The topological polar surface area (TPSA) is 116 Å². The number of aliphatic hydroxyl groups is 2. The van der Waals surface area contributed by atoms with Crippen LogP contribution >= 0.6 is 0 Å². The van der Waals surface area contributed by atoms with Crippen molar-refractivity contribution < 1.29 is 19.7 Å². The van der Waals surface area contributed by atoms with E-state index in [2.05, 4.69) is 39.1 Å². The monoisotopic (exact) mass is 594 g/mol. The number of hydrogen-bond acceptors (Lipinski definition) is 8. The first-order valence-electron chi connectivity index (χ1n) is 15.8. The van der Waals surface area contributed by atoms with E-state index in [-0.39, 0.29) is 24.2 Å². The predicted octanol–water partition coefficient (Wildman–Crippen LogP) is 6.77. The summed E-state index contributed by atoms with van der Waals surface area (Å²) >= 11 is 0. The lowest BCUT2D eigenvalue weighted by Gasteiger charge is -2.17. The molecule has 6 rings (SSSR count). The number of carbonyl (C=O) groups is 1. The van der Waals surface area contributed by atoms with E-state index in [4.69, 9.17) is 19.7 Å². The summed E-state index contributed by atoms with van der Waals surface area (Å²) in [7, 11) is 1.42. The van der Waals surface area contributed by atoms with E-state index in [1.165, 1.54) is 7.11 Å². The fraction of sp³-hybridized carbons (Fsp3) is 0.444. The largest absolute Gasteiger partial charge is 0.511 e. The third-order valence-electron chi connectivity index (χ3n) is 9.88. The van der Waals surface area contributed by atoms with Crippen LogP contribution in [0.5, 0.6) is 0 Å². The number of esters is 1. The van der Waals surface area contributed by atoms with Crippen LogP contribution in [0, 0.1) is 11.8 Å². The van der Waals surface area contributed by atoms with Gasteiger partial charge in [0, 0.05) is 52.8 Å². The third kappa shape index (κ3) is 4.80. The molecule has 5 aliphatic heterocycles. The average molecular weight is 595 g/mol. The van der Waals surface area contributed by atoms with Gasteiger partial charge in [-0.1, -0.05) is 27.2 Å². The highest BCUT2D eigenvalue weighted by Gasteiger charge is 2.41. The molecule has 3 N–H and O–H groups in total. The quantitative estimate of drug-likeness (QED) is 0.281. The second-order valence-corrected chi connectivity index (χ2v) is 12.4. The van der Waals surface area contributed by atoms with Gasteiger partial charge in [-0.15, -0.1) is 0 Å². The molecule has 5 heterocycles. The lowest BCUT2D eigenvalue weighted by Crippen LogP contribution is -2.16. The fourth-order valence-electron chi connectivity index (χ4n) is 7.34. The Hall–Kier alpha value is -4.04. The zero-order valence-electron chi connectivity index (χ0n) is 26.8. The summed E-state index contributed by atoms with van der Waals surface area (Å²) in [5.41, 5.74) is 13.5. The minimum atomic E-state index is -0.635. The molecule has 0 amide bonds. The van der Waals surface area contributed by atoms with Gasteiger partial charge in [0.15, 0.2) is 0 Å². The number of nitrogens with zero attached hydrogens (tertiary/aromatic N) is 3. The first kappa shape index (κ1) is 30.0. The summed E-state index contributed by atoms with van der Waals surface area (Å²) in [6.07, 6.45) is 9.07. The van der Waals surface area contributed by atoms with E-state index in [1.54, 1.807) is 0 Å². The number of fused-ring (bicyclic) bond motifs is 5. The number of allylic oxidation sites excluding steroid dienone is 11. The molecule has 6 aliphatic rings. The second kappa shape index (κ2) is 11.5. The Kier molecular flexibility index (Phi) is 7.82. The molecule has 8 nitrogen and oxygen atoms in total. The van der Waals surface area contributed by atoms with E-state index >= 15 is 0 Å². The van der Waals surface area contributed by atoms with Gasteiger partial charge in [0.05, 0.1) is 47.4 Å². The standard InChI is InChI=1S/C36H42N4O4/c1-8-10-30(41)33-19(5)26-14-25-18(4)22(11-12-32(43)44-7)35(39-25)23-13-31(42)34-20(6)27(40-36(23)34)15-28-21(9-2)17(3)24(37-28)16-29(33)38-26/h14-16,18,22,30,39,41-42H,8-13H2,1-7H3/t18-,22-,30?/m0/s1. The van der Waals surface area contributed by atoms with E-state index in [9.17, 15) is 15.0 Å². The van der Waals surface area contributed by atoms with Gasteiger partial charge in [-0.05, 0) is 80.6 Å². The summed E-state index contributed by atoms with van der Waals surface area (Å²) in [6.45, 7) is 12.5. The molecular formula is C36H42N4O4. The van der Waals surface area contributed by atoms with Gasteiger partial charge in [-0.25, -0.2) is 15.0 Å². The molecular weight excluding hydrogens is 552 g/mol. The second-order valence-electron chi connectivity index (χ2n) is 12.4. The van der Waals surface area contributed by atoms with Crippen LogP contribution < -0.4 is 5.32 Å². The highest BCUT2D eigenvalue weighted by atomic mass is 16.5. The smallest absolute Gasteiger partial charge is 0.305 e. The number of rotatable bonds is 7. The van der Waals surface area contributed by atoms with Crippen LogP contribution in [0.2, 0.25) is 0 Å². The van der Waals surface area contributed by atoms with E-state index in [0.29, 0.717) is 25.0 Å². The van der Waals surface area contributed by atoms with Crippen LogP contribution in [0.3, 0.4) is 0 Å². The zero-order chi connectivity index (χ0) is 31.4. The molecule has 44 heavy (non-hydrogen) atoms. The molecule has 8 heteroatoms. The number of carbonyl (C=O) groups excluding carboxylic acids is 1. The molecule has 1 saturated heterocycles. The minimum Gasteiger partial charge on any atom is -0.511 e. The van der Waals surface area contributed by atoms with E-state index < -0.39 is 6.10 Å². The molecule has 0 radical (unpaired) electrons. The fourth-order valence-corrected chi connectivity index (χ4v) is 7.34. The Morgan fingerprint density at radius 3 is 2.48 bits per heavy atom. The molecule has 0 spiro atoms. The van der Waals surface area contributed by atoms with Gasteiger partial charge in [-0.3, -0.25) is 4.79 Å². The maximum atomic E-state index is 12.2. The molecule has 0 saturated carbocycles. The van der Waals surface area contributed by atoms with Gasteiger partial charge in [0.1, 0.15) is 5.76 Å². The zero-order valence-corrected chi connectivity index (χ0v) is 26.8. The van der Waals surface area contributed by atoms with Crippen LogP contribution in [-0.4, -0.2) is 46.5 Å². The molecule has 1 unspecified atom stereocenters. The molecule has 230 valence electrons. The molecule has 0 aromatic rings. The number of nitrogens with one attached hydrogen (secondary N) is 1. The Morgan fingerprint density at radius 1 is 1.05 bits per heavy atom. The summed E-state index contributed by atoms with van der Waals surface area (Å²) in [5.74, 6) is 0.113. The number of aliphatic imine (C=N–C) groups is 3. The van der Waals surface area contributed by atoms with Crippen molar-refractivity contribution in [3.05, 3.63) is 91.5 Å². The molecule has 8 bridgehead atoms. The molecule has 3 atom stereocenters. The summed E-state index contributed by atoms with van der Waals surface area (Å²) < 4.78 is 4.98. The van der Waals surface area contributed by atoms with Gasteiger partial charge >= 0.3 is 5.97 Å². The highest BCUT2D eigenvalue weighted by molar-refractivity contribution is 6.21. The van der Waals surface area contributed by atoms with Crippen molar-refractivity contribution in [2.45, 2.75) is 86.2 Å². The first-order chi connectivity index (χ1) is 21.1. The molecule has 0 aromatic heterocycles. The minimum absolute atomic E-state index is 0.00565. The van der Waals surface area contributed by atoms with E-state index in [1.807, 2.05) is 26.0 Å². The Balaban J connectivity index is 1.59. The number of aliphatic hydroxyl groups excluding tert-OH is 2. The lowest BCUT2D eigenvalue weighted by atomic mass is 9.86. The van der Waals surface area contributed by atoms with Crippen molar-refractivity contribution in [3.63, 3.8) is 0 Å². The Bertz CT molecular complexity index is 1720. The number of hydrogen-bond donors (Lipinski definition) is 3. The molecule has 1 aliphatic carbocycles. The van der Waals surface area contributed by atoms with Crippen molar-refractivity contribution in [2.75, 3.05) is 7.11 Å². The summed E-state index contributed by atoms with van der Waals surface area (Å²) in [5, 5.41) is 26.2. The van der Waals surface area contributed by atoms with Gasteiger partial charge in [0.2, 0.25) is 0 Å².